The summed E-state index contributed by atoms with van der Waals surface area (Å²) in [6.07, 6.45) is 2.63. The monoisotopic (exact) mass is 278 g/mol. The van der Waals surface area contributed by atoms with Crippen molar-refractivity contribution in [3.63, 3.8) is 0 Å². The normalized spacial score (nSPS) is 18.7. The van der Waals surface area contributed by atoms with Crippen LogP contribution in [0, 0.1) is 5.92 Å². The first-order valence-electron chi connectivity index (χ1n) is 6.53. The van der Waals surface area contributed by atoms with Gasteiger partial charge in [0.25, 0.3) is 5.91 Å². The molecule has 0 bridgehead atoms. The van der Waals surface area contributed by atoms with Gasteiger partial charge in [-0.15, -0.1) is 0 Å². The number of pyridine rings is 1. The highest BCUT2D eigenvalue weighted by Gasteiger charge is 2.25. The summed E-state index contributed by atoms with van der Waals surface area (Å²) in [5, 5.41) is 8.74. The van der Waals surface area contributed by atoms with Crippen LogP contribution in [0.25, 0.3) is 0 Å². The Labute approximate surface area is 117 Å². The van der Waals surface area contributed by atoms with Gasteiger partial charge in [0.15, 0.2) is 0 Å². The number of nitrogens with zero attached hydrogens (tertiary/aromatic N) is 2. The number of carboxylic acids is 1. The van der Waals surface area contributed by atoms with Crippen LogP contribution in [0.2, 0.25) is 0 Å². The Hall–Kier alpha value is -2.15. The van der Waals surface area contributed by atoms with E-state index in [2.05, 4.69) is 15.8 Å². The molecule has 1 atom stereocenters. The van der Waals surface area contributed by atoms with E-state index in [1.165, 1.54) is 0 Å². The lowest BCUT2D eigenvalue weighted by Gasteiger charge is -2.15. The van der Waals surface area contributed by atoms with E-state index in [4.69, 9.17) is 5.11 Å². The van der Waals surface area contributed by atoms with Crippen molar-refractivity contribution >= 4 is 17.7 Å². The smallest absolute Gasteiger partial charge is 0.303 e. The summed E-state index contributed by atoms with van der Waals surface area (Å²) in [6.45, 7) is 1.67. The molecule has 7 nitrogen and oxygen atoms in total. The second kappa shape index (κ2) is 6.85. The Morgan fingerprint density at radius 3 is 3.00 bits per heavy atom. The number of carbonyl (C=O) groups excluding carboxylic acids is 1. The van der Waals surface area contributed by atoms with Crippen molar-refractivity contribution in [1.29, 1.82) is 0 Å². The number of hydrazine groups is 1. The summed E-state index contributed by atoms with van der Waals surface area (Å²) in [7, 11) is 0. The predicted octanol–water partition coefficient (Wildman–Crippen LogP) is 0.321. The van der Waals surface area contributed by atoms with Crippen LogP contribution in [0.15, 0.2) is 24.4 Å². The fourth-order valence-electron chi connectivity index (χ4n) is 2.28. The molecule has 1 amide bonds. The van der Waals surface area contributed by atoms with Gasteiger partial charge in [-0.3, -0.25) is 25.3 Å². The van der Waals surface area contributed by atoms with Gasteiger partial charge >= 0.3 is 5.97 Å². The number of amides is 1. The van der Waals surface area contributed by atoms with Crippen molar-refractivity contribution < 1.29 is 14.7 Å². The maximum atomic E-state index is 11.7. The molecule has 3 N–H and O–H groups in total. The van der Waals surface area contributed by atoms with Gasteiger partial charge < -0.3 is 5.11 Å². The van der Waals surface area contributed by atoms with Crippen molar-refractivity contribution in [3.8, 4) is 0 Å². The standard InChI is InChI=1S/C13H18N4O3/c18-12(16-15-11-3-1-2-5-14-11)9-17-6-4-10(8-17)7-13(19)20/h1-3,5,10H,4,6-9H2,(H,14,15)(H,16,18)(H,19,20). The Bertz CT molecular complexity index is 466. The Balaban J connectivity index is 1.69. The topological polar surface area (TPSA) is 94.6 Å². The molecule has 2 heterocycles. The van der Waals surface area contributed by atoms with Crippen LogP contribution in [0.1, 0.15) is 12.8 Å². The van der Waals surface area contributed by atoms with Crippen LogP contribution in [-0.4, -0.2) is 46.5 Å². The van der Waals surface area contributed by atoms with Crippen LogP contribution < -0.4 is 10.9 Å². The van der Waals surface area contributed by atoms with Crippen LogP contribution in [0.3, 0.4) is 0 Å². The minimum atomic E-state index is -0.780. The van der Waals surface area contributed by atoms with Gasteiger partial charge in [-0.2, -0.15) is 0 Å². The van der Waals surface area contributed by atoms with Crippen molar-refractivity contribution in [2.45, 2.75) is 12.8 Å². The number of anilines is 1. The van der Waals surface area contributed by atoms with Crippen LogP contribution in [0.5, 0.6) is 0 Å². The van der Waals surface area contributed by atoms with Gasteiger partial charge in [0.1, 0.15) is 5.82 Å². The van der Waals surface area contributed by atoms with Crippen LogP contribution >= 0.6 is 0 Å². The SMILES string of the molecule is O=C(O)CC1CCN(CC(=O)NNc2ccccn2)C1. The zero-order chi connectivity index (χ0) is 14.4. The molecule has 1 fully saturated rings. The van der Waals surface area contributed by atoms with Gasteiger partial charge in [-0.1, -0.05) is 6.07 Å². The largest absolute Gasteiger partial charge is 0.481 e. The highest BCUT2D eigenvalue weighted by atomic mass is 16.4. The van der Waals surface area contributed by atoms with Gasteiger partial charge in [0.2, 0.25) is 0 Å². The second-order valence-corrected chi connectivity index (χ2v) is 4.88. The molecule has 0 aliphatic carbocycles. The molecule has 1 aromatic rings. The van der Waals surface area contributed by atoms with Crippen molar-refractivity contribution in [2.75, 3.05) is 25.1 Å². The average Bonchev–Trinajstić information content (AvgIpc) is 2.84. The number of likely N-dealkylation sites (tertiary alicyclic amines) is 1. The Kier molecular flexibility index (Phi) is 4.89. The summed E-state index contributed by atoms with van der Waals surface area (Å²) in [6, 6.07) is 5.36. The highest BCUT2D eigenvalue weighted by molar-refractivity contribution is 5.79. The van der Waals surface area contributed by atoms with E-state index in [0.29, 0.717) is 12.4 Å². The van der Waals surface area contributed by atoms with Crippen LogP contribution in [0.4, 0.5) is 5.82 Å². The van der Waals surface area contributed by atoms with Gasteiger partial charge in [0.05, 0.1) is 6.54 Å². The zero-order valence-corrected chi connectivity index (χ0v) is 11.1. The molecule has 0 radical (unpaired) electrons. The quantitative estimate of drug-likeness (QED) is 0.649. The first kappa shape index (κ1) is 14.3. The lowest BCUT2D eigenvalue weighted by atomic mass is 10.1. The van der Waals surface area contributed by atoms with Gasteiger partial charge in [0, 0.05) is 19.2 Å². The minimum absolute atomic E-state index is 0.143. The number of rotatable bonds is 6. The fourth-order valence-corrected chi connectivity index (χ4v) is 2.28. The number of nitrogens with one attached hydrogen (secondary N) is 2. The summed E-state index contributed by atoms with van der Waals surface area (Å²) in [5.74, 6) is -0.222. The number of hydrogen-bond acceptors (Lipinski definition) is 5. The number of hydrogen-bond donors (Lipinski definition) is 3. The third-order valence-corrected chi connectivity index (χ3v) is 3.20. The fraction of sp³-hybridized carbons (Fsp3) is 0.462. The lowest BCUT2D eigenvalue weighted by molar-refractivity contribution is -0.138. The summed E-state index contributed by atoms with van der Waals surface area (Å²) in [4.78, 5) is 28.4. The van der Waals surface area contributed by atoms with Gasteiger partial charge in [-0.05, 0) is 31.0 Å². The molecule has 1 unspecified atom stereocenters. The van der Waals surface area contributed by atoms with Crippen LogP contribution in [-0.2, 0) is 9.59 Å². The maximum absolute atomic E-state index is 11.7. The zero-order valence-electron chi connectivity index (χ0n) is 11.1. The number of carbonyl (C=O) groups is 2. The molecule has 1 aromatic heterocycles. The molecule has 0 aromatic carbocycles. The summed E-state index contributed by atoms with van der Waals surface area (Å²) >= 11 is 0. The second-order valence-electron chi connectivity index (χ2n) is 4.88. The molecule has 1 aliphatic heterocycles. The van der Waals surface area contributed by atoms with Crippen molar-refractivity contribution in [1.82, 2.24) is 15.3 Å². The molecule has 7 heteroatoms. The molecule has 108 valence electrons. The number of aromatic nitrogens is 1. The molecule has 20 heavy (non-hydrogen) atoms. The highest BCUT2D eigenvalue weighted by Crippen LogP contribution is 2.18. The average molecular weight is 278 g/mol. The predicted molar refractivity (Wildman–Crippen MR) is 72.8 cm³/mol. The first-order valence-corrected chi connectivity index (χ1v) is 6.53. The molecular weight excluding hydrogens is 260 g/mol. The van der Waals surface area contributed by atoms with E-state index >= 15 is 0 Å². The molecule has 0 saturated carbocycles. The number of carboxylic acid groups (broad SMARTS) is 1. The van der Waals surface area contributed by atoms with Crippen molar-refractivity contribution in [2.24, 2.45) is 5.92 Å². The maximum Gasteiger partial charge on any atom is 0.303 e. The number of aliphatic carboxylic acids is 1. The van der Waals surface area contributed by atoms with E-state index in [0.717, 1.165) is 13.0 Å². The third-order valence-electron chi connectivity index (χ3n) is 3.20. The minimum Gasteiger partial charge on any atom is -0.481 e. The van der Waals surface area contributed by atoms with E-state index in [9.17, 15) is 9.59 Å². The van der Waals surface area contributed by atoms with E-state index in [-0.39, 0.29) is 24.8 Å². The summed E-state index contributed by atoms with van der Waals surface area (Å²) in [5.41, 5.74) is 5.30. The summed E-state index contributed by atoms with van der Waals surface area (Å²) < 4.78 is 0. The molecular formula is C13H18N4O3. The first-order chi connectivity index (χ1) is 9.63. The molecule has 2 rings (SSSR count). The van der Waals surface area contributed by atoms with Gasteiger partial charge in [-0.25, -0.2) is 4.98 Å². The Morgan fingerprint density at radius 2 is 2.30 bits per heavy atom. The molecule has 1 aliphatic rings. The van der Waals surface area contributed by atoms with Crippen molar-refractivity contribution in [3.05, 3.63) is 24.4 Å². The van der Waals surface area contributed by atoms with E-state index in [1.54, 1.807) is 18.3 Å². The third kappa shape index (κ3) is 4.51. The molecule has 1 saturated heterocycles. The van der Waals surface area contributed by atoms with E-state index in [1.807, 2.05) is 11.0 Å². The Morgan fingerprint density at radius 1 is 1.45 bits per heavy atom. The lowest BCUT2D eigenvalue weighted by Crippen LogP contribution is -2.39. The molecule has 0 spiro atoms. The van der Waals surface area contributed by atoms with E-state index < -0.39 is 5.97 Å².